The van der Waals surface area contributed by atoms with Crippen molar-refractivity contribution in [2.75, 3.05) is 13.7 Å². The largest absolute Gasteiger partial charge is 0.497 e. The normalized spacial score (nSPS) is 23.7. The summed E-state index contributed by atoms with van der Waals surface area (Å²) in [5.74, 6) is 7.71. The van der Waals surface area contributed by atoms with E-state index < -0.39 is 0 Å². The molecule has 0 spiro atoms. The van der Waals surface area contributed by atoms with E-state index in [-0.39, 0.29) is 12.4 Å². The van der Waals surface area contributed by atoms with Crippen LogP contribution in [0.5, 0.6) is 5.75 Å². The van der Waals surface area contributed by atoms with Gasteiger partial charge < -0.3 is 4.74 Å². The van der Waals surface area contributed by atoms with E-state index in [0.717, 1.165) is 12.3 Å². The van der Waals surface area contributed by atoms with E-state index in [9.17, 15) is 0 Å². The van der Waals surface area contributed by atoms with Crippen LogP contribution in [0.25, 0.3) is 0 Å². The fraction of sp³-hybridized carbons (Fsp3) is 0.571. The minimum absolute atomic E-state index is 0. The fourth-order valence-corrected chi connectivity index (χ4v) is 2.84. The highest BCUT2D eigenvalue weighted by Crippen LogP contribution is 2.38. The van der Waals surface area contributed by atoms with Crippen LogP contribution in [-0.2, 0) is 0 Å². The molecule has 2 N–H and O–H groups in total. The lowest BCUT2D eigenvalue weighted by Crippen LogP contribution is -2.32. The van der Waals surface area contributed by atoms with Gasteiger partial charge in [-0.25, -0.2) is 5.01 Å². The van der Waals surface area contributed by atoms with Crippen molar-refractivity contribution in [3.8, 4) is 5.75 Å². The van der Waals surface area contributed by atoms with E-state index in [1.54, 1.807) is 7.11 Å². The first-order valence-electron chi connectivity index (χ1n) is 6.41. The molecule has 1 saturated heterocycles. The van der Waals surface area contributed by atoms with Crippen LogP contribution >= 0.6 is 12.4 Å². The molecule has 2 atom stereocenters. The van der Waals surface area contributed by atoms with E-state index in [0.29, 0.717) is 12.0 Å². The Labute approximate surface area is 116 Å². The van der Waals surface area contributed by atoms with Crippen LogP contribution in [-0.4, -0.2) is 18.7 Å². The first kappa shape index (κ1) is 15.3. The van der Waals surface area contributed by atoms with E-state index >= 15 is 0 Å². The zero-order valence-electron chi connectivity index (χ0n) is 11.1. The van der Waals surface area contributed by atoms with Crippen LogP contribution in [0.15, 0.2) is 24.3 Å². The molecular weight excluding hydrogens is 248 g/mol. The molecule has 1 aliphatic rings. The molecule has 1 aromatic carbocycles. The lowest BCUT2D eigenvalue weighted by atomic mass is 9.90. The summed E-state index contributed by atoms with van der Waals surface area (Å²) in [6.07, 6.45) is 3.67. The lowest BCUT2D eigenvalue weighted by molar-refractivity contribution is 0.228. The van der Waals surface area contributed by atoms with Gasteiger partial charge in [0.05, 0.1) is 13.2 Å². The maximum absolute atomic E-state index is 6.12. The summed E-state index contributed by atoms with van der Waals surface area (Å²) in [6.45, 7) is 3.23. The van der Waals surface area contributed by atoms with Crippen molar-refractivity contribution in [1.82, 2.24) is 5.01 Å². The summed E-state index contributed by atoms with van der Waals surface area (Å²) in [5, 5.41) is 1.98. The number of hydrogen-bond acceptors (Lipinski definition) is 3. The Kier molecular flexibility index (Phi) is 5.93. The quantitative estimate of drug-likeness (QED) is 0.854. The summed E-state index contributed by atoms with van der Waals surface area (Å²) in [6, 6.07) is 8.64. The summed E-state index contributed by atoms with van der Waals surface area (Å²) in [7, 11) is 1.71. The van der Waals surface area contributed by atoms with Gasteiger partial charge in [0.25, 0.3) is 0 Å². The average molecular weight is 271 g/mol. The number of halogens is 1. The fourth-order valence-electron chi connectivity index (χ4n) is 2.84. The summed E-state index contributed by atoms with van der Waals surface area (Å²) in [4.78, 5) is 0. The molecule has 1 heterocycles. The zero-order valence-corrected chi connectivity index (χ0v) is 12.0. The molecule has 2 rings (SSSR count). The Hall–Kier alpha value is -0.770. The van der Waals surface area contributed by atoms with E-state index in [1.165, 1.54) is 24.8 Å². The first-order chi connectivity index (χ1) is 8.26. The molecule has 0 radical (unpaired) electrons. The SMILES string of the molecule is CCCC1CCN(N)C1c1cccc(OC)c1.Cl. The molecule has 0 saturated carbocycles. The van der Waals surface area contributed by atoms with E-state index in [4.69, 9.17) is 10.6 Å². The van der Waals surface area contributed by atoms with Gasteiger partial charge in [-0.1, -0.05) is 25.5 Å². The predicted molar refractivity (Wildman–Crippen MR) is 76.9 cm³/mol. The van der Waals surface area contributed by atoms with Crippen molar-refractivity contribution in [2.24, 2.45) is 11.8 Å². The average Bonchev–Trinajstić information content (AvgIpc) is 2.71. The van der Waals surface area contributed by atoms with Gasteiger partial charge in [0.2, 0.25) is 0 Å². The van der Waals surface area contributed by atoms with Crippen LogP contribution in [0.4, 0.5) is 0 Å². The highest BCUT2D eigenvalue weighted by Gasteiger charge is 2.32. The minimum atomic E-state index is 0. The van der Waals surface area contributed by atoms with Crippen molar-refractivity contribution in [3.63, 3.8) is 0 Å². The van der Waals surface area contributed by atoms with Crippen molar-refractivity contribution in [3.05, 3.63) is 29.8 Å². The molecule has 1 aromatic rings. The molecule has 0 aliphatic carbocycles. The number of rotatable bonds is 4. The first-order valence-corrected chi connectivity index (χ1v) is 6.41. The molecule has 2 unspecified atom stereocenters. The predicted octanol–water partition coefficient (Wildman–Crippen LogP) is 3.15. The number of methoxy groups -OCH3 is 1. The number of nitrogens with two attached hydrogens (primary N) is 1. The van der Waals surface area contributed by atoms with Gasteiger partial charge >= 0.3 is 0 Å². The lowest BCUT2D eigenvalue weighted by Gasteiger charge is -2.25. The minimum Gasteiger partial charge on any atom is -0.497 e. The Bertz CT molecular complexity index is 371. The zero-order chi connectivity index (χ0) is 12.3. The Morgan fingerprint density at radius 2 is 2.22 bits per heavy atom. The Morgan fingerprint density at radius 3 is 2.89 bits per heavy atom. The Balaban J connectivity index is 0.00000162. The number of benzene rings is 1. The number of ether oxygens (including phenoxy) is 1. The van der Waals surface area contributed by atoms with Gasteiger partial charge in [-0.15, -0.1) is 12.4 Å². The van der Waals surface area contributed by atoms with Crippen molar-refractivity contribution < 1.29 is 4.74 Å². The number of hydrazine groups is 1. The topological polar surface area (TPSA) is 38.5 Å². The van der Waals surface area contributed by atoms with Crippen molar-refractivity contribution in [2.45, 2.75) is 32.2 Å². The standard InChI is InChI=1S/C14H22N2O.ClH/c1-3-5-11-8-9-16(15)14(11)12-6-4-7-13(10-12)17-2;/h4,6-7,10-11,14H,3,5,8-9,15H2,1-2H3;1H. The van der Waals surface area contributed by atoms with Gasteiger partial charge in [-0.05, 0) is 36.5 Å². The van der Waals surface area contributed by atoms with Crippen LogP contribution in [0, 0.1) is 5.92 Å². The molecule has 18 heavy (non-hydrogen) atoms. The van der Waals surface area contributed by atoms with Gasteiger partial charge in [0.15, 0.2) is 0 Å². The summed E-state index contributed by atoms with van der Waals surface area (Å²) in [5.41, 5.74) is 1.28. The maximum Gasteiger partial charge on any atom is 0.119 e. The van der Waals surface area contributed by atoms with Gasteiger partial charge in [-0.2, -0.15) is 0 Å². The number of hydrogen-bond donors (Lipinski definition) is 1. The third kappa shape index (κ3) is 3.16. The third-order valence-corrected chi connectivity index (χ3v) is 3.66. The van der Waals surface area contributed by atoms with Crippen LogP contribution in [0.3, 0.4) is 0 Å². The molecule has 0 bridgehead atoms. The van der Waals surface area contributed by atoms with Crippen LogP contribution in [0.1, 0.15) is 37.8 Å². The number of nitrogens with zero attached hydrogens (tertiary/aromatic N) is 1. The highest BCUT2D eigenvalue weighted by molar-refractivity contribution is 5.85. The monoisotopic (exact) mass is 270 g/mol. The molecule has 3 nitrogen and oxygen atoms in total. The molecule has 0 aromatic heterocycles. The second kappa shape index (κ2) is 6.98. The van der Waals surface area contributed by atoms with Gasteiger partial charge in [-0.3, -0.25) is 5.84 Å². The molecule has 102 valence electrons. The third-order valence-electron chi connectivity index (χ3n) is 3.66. The van der Waals surface area contributed by atoms with Crippen molar-refractivity contribution >= 4 is 12.4 Å². The van der Waals surface area contributed by atoms with Crippen LogP contribution in [0.2, 0.25) is 0 Å². The van der Waals surface area contributed by atoms with Crippen LogP contribution < -0.4 is 10.6 Å². The van der Waals surface area contributed by atoms with E-state index in [1.807, 2.05) is 17.1 Å². The molecule has 0 amide bonds. The molecule has 4 heteroatoms. The Morgan fingerprint density at radius 1 is 1.44 bits per heavy atom. The molecular formula is C14H23ClN2O. The molecule has 1 aliphatic heterocycles. The molecule has 1 fully saturated rings. The van der Waals surface area contributed by atoms with E-state index in [2.05, 4.69) is 19.1 Å². The van der Waals surface area contributed by atoms with Gasteiger partial charge in [0.1, 0.15) is 5.75 Å². The maximum atomic E-state index is 6.12. The summed E-state index contributed by atoms with van der Waals surface area (Å²) >= 11 is 0. The highest BCUT2D eigenvalue weighted by atomic mass is 35.5. The smallest absolute Gasteiger partial charge is 0.119 e. The second-order valence-electron chi connectivity index (χ2n) is 4.80. The van der Waals surface area contributed by atoms with Gasteiger partial charge in [0, 0.05) is 6.54 Å². The summed E-state index contributed by atoms with van der Waals surface area (Å²) < 4.78 is 5.29. The second-order valence-corrected chi connectivity index (χ2v) is 4.80. The van der Waals surface area contributed by atoms with Crippen molar-refractivity contribution in [1.29, 1.82) is 0 Å².